The summed E-state index contributed by atoms with van der Waals surface area (Å²) >= 11 is 0. The lowest BCUT2D eigenvalue weighted by atomic mass is 9.95. The first-order valence-corrected chi connectivity index (χ1v) is 21.3. The van der Waals surface area contributed by atoms with Gasteiger partial charge in [-0.1, -0.05) is 64.7 Å². The van der Waals surface area contributed by atoms with Crippen molar-refractivity contribution in [3.8, 4) is 0 Å². The highest BCUT2D eigenvalue weighted by Gasteiger charge is 2.56. The first-order chi connectivity index (χ1) is 28.0. The fourth-order valence-electron chi connectivity index (χ4n) is 7.89. The van der Waals surface area contributed by atoms with Gasteiger partial charge in [-0.05, 0) is 34.1 Å². The van der Waals surface area contributed by atoms with Crippen LogP contribution in [0.15, 0.2) is 0 Å². The Morgan fingerprint density at radius 2 is 0.847 bits per heavy atom. The molecule has 20 atom stereocenters. The van der Waals surface area contributed by atoms with Crippen molar-refractivity contribution in [2.24, 2.45) is 0 Å². The lowest BCUT2D eigenvalue weighted by Crippen LogP contribution is -2.67. The molecule has 0 amide bonds. The smallest absolute Gasteiger partial charge is 0.303 e. The van der Waals surface area contributed by atoms with Gasteiger partial charge in [-0.15, -0.1) is 0 Å². The van der Waals surface area contributed by atoms with E-state index >= 15 is 0 Å². The van der Waals surface area contributed by atoms with Crippen LogP contribution in [0.3, 0.4) is 0 Å². The molecule has 0 aliphatic carbocycles. The summed E-state index contributed by atoms with van der Waals surface area (Å²) in [7, 11) is 0. The zero-order valence-corrected chi connectivity index (χ0v) is 35.4. The number of esters is 2. The molecular formula is C40H70O19. The third kappa shape index (κ3) is 13.4. The third-order valence-corrected chi connectivity index (χ3v) is 11.4. The lowest BCUT2D eigenvalue weighted by molar-refractivity contribution is -0.384. The van der Waals surface area contributed by atoms with Gasteiger partial charge >= 0.3 is 11.9 Å². The van der Waals surface area contributed by atoms with E-state index in [0.717, 1.165) is 39.5 Å². The second kappa shape index (κ2) is 23.7. The van der Waals surface area contributed by atoms with E-state index in [0.29, 0.717) is 6.61 Å². The highest BCUT2D eigenvalue weighted by Crippen LogP contribution is 2.36. The van der Waals surface area contributed by atoms with E-state index in [1.54, 1.807) is 6.92 Å². The van der Waals surface area contributed by atoms with E-state index in [1.807, 2.05) is 0 Å². The molecule has 4 aliphatic rings. The molecule has 4 aliphatic heterocycles. The molecule has 0 aromatic heterocycles. The van der Waals surface area contributed by atoms with Gasteiger partial charge in [0.1, 0.15) is 61.0 Å². The summed E-state index contributed by atoms with van der Waals surface area (Å²) in [5.41, 5.74) is 0. The van der Waals surface area contributed by atoms with Crippen molar-refractivity contribution in [3.63, 3.8) is 0 Å². The molecule has 0 spiro atoms. The van der Waals surface area contributed by atoms with Crippen molar-refractivity contribution < 1.29 is 92.7 Å². The number of rotatable bonds is 20. The quantitative estimate of drug-likeness (QED) is 0.0647. The van der Waals surface area contributed by atoms with Gasteiger partial charge in [0.2, 0.25) is 0 Å². The third-order valence-electron chi connectivity index (χ3n) is 11.4. The molecule has 0 saturated carbocycles. The Bertz CT molecular complexity index is 1260. The van der Waals surface area contributed by atoms with E-state index in [4.69, 9.17) is 47.4 Å². The van der Waals surface area contributed by atoms with Crippen LogP contribution in [0.1, 0.15) is 113 Å². The van der Waals surface area contributed by atoms with E-state index in [1.165, 1.54) is 59.3 Å². The first-order valence-electron chi connectivity index (χ1n) is 21.3. The highest BCUT2D eigenvalue weighted by molar-refractivity contribution is 5.66. The lowest BCUT2D eigenvalue weighted by Gasteiger charge is -2.49. The van der Waals surface area contributed by atoms with Gasteiger partial charge in [0.05, 0.1) is 24.4 Å². The minimum atomic E-state index is -1.79. The van der Waals surface area contributed by atoms with Gasteiger partial charge < -0.3 is 83.1 Å². The number of hydrogen-bond donors (Lipinski definition) is 7. The summed E-state index contributed by atoms with van der Waals surface area (Å²) in [4.78, 5) is 24.7. The second-order valence-corrected chi connectivity index (χ2v) is 16.3. The zero-order valence-electron chi connectivity index (χ0n) is 35.4. The van der Waals surface area contributed by atoms with Crippen molar-refractivity contribution in [2.75, 3.05) is 6.61 Å². The summed E-state index contributed by atoms with van der Waals surface area (Å²) in [6.07, 6.45) is -17.0. The molecule has 7 N–H and O–H groups in total. The molecule has 4 heterocycles. The van der Waals surface area contributed by atoms with Crippen LogP contribution in [0.4, 0.5) is 0 Å². The first kappa shape index (κ1) is 50.0. The Balaban J connectivity index is 1.43. The molecule has 59 heavy (non-hydrogen) atoms. The Morgan fingerprint density at radius 1 is 0.424 bits per heavy atom. The minimum absolute atomic E-state index is 0.319. The zero-order chi connectivity index (χ0) is 43.6. The molecule has 4 rings (SSSR count). The molecule has 0 aromatic rings. The maximum absolute atomic E-state index is 12.4. The van der Waals surface area contributed by atoms with E-state index in [-0.39, 0.29) is 0 Å². The molecule has 4 fully saturated rings. The van der Waals surface area contributed by atoms with Crippen molar-refractivity contribution in [2.45, 2.75) is 235 Å². The molecule has 0 unspecified atom stereocenters. The monoisotopic (exact) mass is 854 g/mol. The summed E-state index contributed by atoms with van der Waals surface area (Å²) in [6.45, 7) is 10.7. The normalized spacial score (nSPS) is 42.9. The predicted molar refractivity (Wildman–Crippen MR) is 203 cm³/mol. The summed E-state index contributed by atoms with van der Waals surface area (Å²) in [5.74, 6) is -1.62. The Kier molecular flexibility index (Phi) is 20.1. The molecule has 0 aromatic carbocycles. The van der Waals surface area contributed by atoms with Gasteiger partial charge in [0, 0.05) is 20.5 Å². The van der Waals surface area contributed by atoms with Gasteiger partial charge in [0.25, 0.3) is 0 Å². The maximum atomic E-state index is 12.4. The van der Waals surface area contributed by atoms with Crippen LogP contribution in [0, 0.1) is 0 Å². The SMILES string of the molecule is CCCCCCCCCCCCO[C@@H]1O[C@@H](C)[C@@H](O[C@H]2O[C@@H](C)[C@H](OC(C)=O)[C@@H](O[C@H]3O[C@H](C)[C@H](O)[C@@H](O[C@@H]4O[C@H](C)[C@@H](O)[C@@H](O)[C@H]4O)[C@H]3OC(C)=O)[C@@H]2O)[C@H](O)[C@@H]1O. The van der Waals surface area contributed by atoms with E-state index in [2.05, 4.69) is 6.92 Å². The molecule has 0 radical (unpaired) electrons. The Morgan fingerprint density at radius 3 is 1.46 bits per heavy atom. The van der Waals surface area contributed by atoms with Crippen molar-refractivity contribution in [1.82, 2.24) is 0 Å². The number of ether oxygens (including phenoxy) is 10. The summed E-state index contributed by atoms with van der Waals surface area (Å²) in [6, 6.07) is 0. The van der Waals surface area contributed by atoms with Gasteiger partial charge in [-0.2, -0.15) is 0 Å². The van der Waals surface area contributed by atoms with E-state index in [9.17, 15) is 45.3 Å². The average Bonchev–Trinajstić information content (AvgIpc) is 3.18. The van der Waals surface area contributed by atoms with Gasteiger partial charge in [-0.25, -0.2) is 0 Å². The van der Waals surface area contributed by atoms with Crippen molar-refractivity contribution in [1.29, 1.82) is 0 Å². The number of unbranched alkanes of at least 4 members (excludes halogenated alkanes) is 9. The van der Waals surface area contributed by atoms with Crippen LogP contribution in [0.2, 0.25) is 0 Å². The average molecular weight is 855 g/mol. The Labute approximate surface area is 346 Å². The van der Waals surface area contributed by atoms with Crippen LogP contribution in [-0.4, -0.2) is 177 Å². The molecular weight excluding hydrogens is 784 g/mol. The molecule has 0 bridgehead atoms. The molecule has 19 nitrogen and oxygen atoms in total. The minimum Gasteiger partial charge on any atom is -0.457 e. The predicted octanol–water partition coefficient (Wildman–Crippen LogP) is 0.448. The van der Waals surface area contributed by atoms with Crippen LogP contribution < -0.4 is 0 Å². The molecule has 4 saturated heterocycles. The van der Waals surface area contributed by atoms with Crippen molar-refractivity contribution in [3.05, 3.63) is 0 Å². The number of aliphatic hydroxyl groups is 7. The van der Waals surface area contributed by atoms with Crippen LogP contribution in [0.25, 0.3) is 0 Å². The number of carbonyl (C=O) groups excluding carboxylic acids is 2. The fraction of sp³-hybridized carbons (Fsp3) is 0.950. The Hall–Kier alpha value is -1.66. The number of carbonyl (C=O) groups is 2. The second-order valence-electron chi connectivity index (χ2n) is 16.3. The largest absolute Gasteiger partial charge is 0.457 e. The molecule has 19 heteroatoms. The highest BCUT2D eigenvalue weighted by atomic mass is 16.8. The van der Waals surface area contributed by atoms with Crippen LogP contribution >= 0.6 is 0 Å². The fourth-order valence-corrected chi connectivity index (χ4v) is 7.89. The maximum Gasteiger partial charge on any atom is 0.303 e. The molecule has 344 valence electrons. The number of aliphatic hydroxyl groups excluding tert-OH is 7. The van der Waals surface area contributed by atoms with Crippen molar-refractivity contribution >= 4 is 11.9 Å². The van der Waals surface area contributed by atoms with Crippen LogP contribution in [-0.2, 0) is 57.0 Å². The summed E-state index contributed by atoms with van der Waals surface area (Å²) < 4.78 is 58.4. The number of hydrogen-bond acceptors (Lipinski definition) is 19. The van der Waals surface area contributed by atoms with Gasteiger partial charge in [-0.3, -0.25) is 9.59 Å². The van der Waals surface area contributed by atoms with E-state index < -0.39 is 135 Å². The van der Waals surface area contributed by atoms with Crippen LogP contribution in [0.5, 0.6) is 0 Å². The topological polar surface area (TPSA) is 268 Å². The van der Waals surface area contributed by atoms with Gasteiger partial charge in [0.15, 0.2) is 37.4 Å². The summed E-state index contributed by atoms with van der Waals surface area (Å²) in [5, 5.41) is 76.3. The standard InChI is InChI=1S/C40H70O19/c1-8-9-10-11-12-13-14-15-16-17-18-50-37-30(48)28(46)32(21(4)53-37)57-39-31(49)35(33(22(5)54-39)55-23(6)41)59-40-36(56-24(7)42)34(26(44)20(3)52-40)58-38-29(47)27(45)25(43)19(2)51-38/h19-22,25-40,43-49H,8-18H2,1-7H3/t19-,20-,21+,22+,25-,26+,27-,28-,29-,30+,31+,32-,33+,34-,35+,36-,37-,38+,39-,40-/m1/s1.